The van der Waals surface area contributed by atoms with Crippen molar-refractivity contribution >= 4 is 17.2 Å². The molecule has 1 aromatic heterocycles. The summed E-state index contributed by atoms with van der Waals surface area (Å²) in [5.41, 5.74) is 9.05. The van der Waals surface area contributed by atoms with Gasteiger partial charge in [-0.1, -0.05) is 24.3 Å². The van der Waals surface area contributed by atoms with Crippen LogP contribution in [0.3, 0.4) is 0 Å². The predicted octanol–water partition coefficient (Wildman–Crippen LogP) is 3.62. The largest absolute Gasteiger partial charge is 0.463 e. The third-order valence-corrected chi connectivity index (χ3v) is 5.72. The van der Waals surface area contributed by atoms with Crippen LogP contribution >= 0.6 is 0 Å². The molecular weight excluding hydrogens is 340 g/mol. The van der Waals surface area contributed by atoms with E-state index < -0.39 is 5.60 Å². The average Bonchev–Trinajstić information content (AvgIpc) is 2.67. The minimum absolute atomic E-state index is 0.314. The number of nitrogens with zero attached hydrogens (tertiary/aromatic N) is 3. The molecule has 142 valence electrons. The lowest BCUT2D eigenvalue weighted by Crippen LogP contribution is -2.41. The number of benzene rings is 1. The molecule has 1 aromatic carbocycles. The van der Waals surface area contributed by atoms with E-state index >= 15 is 0 Å². The van der Waals surface area contributed by atoms with Crippen LogP contribution in [-0.2, 0) is 0 Å². The molecule has 1 saturated carbocycles. The lowest BCUT2D eigenvalue weighted by molar-refractivity contribution is 0.171. The van der Waals surface area contributed by atoms with Gasteiger partial charge in [0.15, 0.2) is 11.5 Å². The number of aliphatic hydroxyl groups excluding tert-OH is 1. The SMILES string of the molecule is CC1(C)Oc2ncnc(N)c2N=C1c1ccc([C@H]2CC[C@H](CO)CC2)cc1. The summed E-state index contributed by atoms with van der Waals surface area (Å²) in [5, 5.41) is 9.32. The number of anilines is 1. The number of aliphatic imine (C=N–C) groups is 1. The molecule has 2 heterocycles. The molecule has 1 aliphatic heterocycles. The predicted molar refractivity (Wildman–Crippen MR) is 106 cm³/mol. The van der Waals surface area contributed by atoms with Gasteiger partial charge in [0, 0.05) is 12.2 Å². The zero-order chi connectivity index (χ0) is 19.0. The summed E-state index contributed by atoms with van der Waals surface area (Å²) in [5.74, 6) is 1.80. The first-order valence-electron chi connectivity index (χ1n) is 9.58. The molecule has 6 nitrogen and oxygen atoms in total. The highest BCUT2D eigenvalue weighted by molar-refractivity contribution is 6.09. The molecule has 0 amide bonds. The fraction of sp³-hybridized carbons (Fsp3) is 0.476. The Morgan fingerprint density at radius 1 is 1.11 bits per heavy atom. The van der Waals surface area contributed by atoms with E-state index in [1.807, 2.05) is 13.8 Å². The molecule has 0 spiro atoms. The van der Waals surface area contributed by atoms with Gasteiger partial charge in [-0.05, 0) is 56.9 Å². The number of rotatable bonds is 3. The molecule has 0 unspecified atom stereocenters. The standard InChI is InChI=1S/C21H26N4O2/c1-21(2)18(25-17-19(22)23-12-24-20(17)27-21)16-9-7-15(8-10-16)14-5-3-13(11-26)4-6-14/h7-10,12-14,26H,3-6,11H2,1-2H3,(H2,22,23,24)/t13-,14-. The van der Waals surface area contributed by atoms with Crippen LogP contribution in [0.15, 0.2) is 35.6 Å². The second-order valence-electron chi connectivity index (χ2n) is 8.01. The van der Waals surface area contributed by atoms with Gasteiger partial charge in [-0.3, -0.25) is 0 Å². The number of nitrogen functional groups attached to an aromatic ring is 1. The van der Waals surface area contributed by atoms with Crippen molar-refractivity contribution in [3.63, 3.8) is 0 Å². The number of ether oxygens (including phenoxy) is 1. The summed E-state index contributed by atoms with van der Waals surface area (Å²) in [6, 6.07) is 8.61. The molecule has 0 saturated heterocycles. The molecule has 1 aliphatic carbocycles. The Kier molecular flexibility index (Phi) is 4.60. The van der Waals surface area contributed by atoms with Crippen molar-refractivity contribution in [1.29, 1.82) is 0 Å². The van der Waals surface area contributed by atoms with E-state index in [0.29, 0.717) is 35.8 Å². The number of aromatic nitrogens is 2. The first-order valence-corrected chi connectivity index (χ1v) is 9.58. The maximum Gasteiger partial charge on any atom is 0.246 e. The summed E-state index contributed by atoms with van der Waals surface area (Å²) in [6.07, 6.45) is 5.88. The number of hydrogen-bond donors (Lipinski definition) is 2. The van der Waals surface area contributed by atoms with Crippen LogP contribution in [0, 0.1) is 5.92 Å². The van der Waals surface area contributed by atoms with Crippen LogP contribution in [0.2, 0.25) is 0 Å². The Hall–Kier alpha value is -2.47. The lowest BCUT2D eigenvalue weighted by Gasteiger charge is -2.32. The molecule has 0 radical (unpaired) electrons. The van der Waals surface area contributed by atoms with Crippen molar-refractivity contribution in [2.45, 2.75) is 51.0 Å². The van der Waals surface area contributed by atoms with E-state index in [0.717, 1.165) is 37.0 Å². The summed E-state index contributed by atoms with van der Waals surface area (Å²) < 4.78 is 6.05. The fourth-order valence-electron chi connectivity index (χ4n) is 4.10. The van der Waals surface area contributed by atoms with Crippen molar-refractivity contribution < 1.29 is 9.84 Å². The Bertz CT molecular complexity index is 853. The Morgan fingerprint density at radius 2 is 1.81 bits per heavy atom. The van der Waals surface area contributed by atoms with Gasteiger partial charge in [-0.15, -0.1) is 0 Å². The van der Waals surface area contributed by atoms with E-state index in [2.05, 4.69) is 34.2 Å². The third kappa shape index (κ3) is 3.41. The highest BCUT2D eigenvalue weighted by atomic mass is 16.5. The minimum Gasteiger partial charge on any atom is -0.463 e. The van der Waals surface area contributed by atoms with Gasteiger partial charge in [0.1, 0.15) is 11.9 Å². The van der Waals surface area contributed by atoms with Crippen molar-refractivity contribution in [3.05, 3.63) is 41.7 Å². The Morgan fingerprint density at radius 3 is 2.48 bits per heavy atom. The van der Waals surface area contributed by atoms with E-state index in [1.54, 1.807) is 0 Å². The minimum atomic E-state index is -0.603. The average molecular weight is 366 g/mol. The zero-order valence-corrected chi connectivity index (χ0v) is 15.9. The van der Waals surface area contributed by atoms with Gasteiger partial charge in [0.05, 0.1) is 5.71 Å². The number of aliphatic hydroxyl groups is 1. The maximum atomic E-state index is 9.32. The zero-order valence-electron chi connectivity index (χ0n) is 15.9. The molecule has 3 N–H and O–H groups in total. The molecular formula is C21H26N4O2. The topological polar surface area (TPSA) is 93.6 Å². The third-order valence-electron chi connectivity index (χ3n) is 5.72. The van der Waals surface area contributed by atoms with Gasteiger partial charge in [-0.2, -0.15) is 4.98 Å². The highest BCUT2D eigenvalue weighted by Crippen LogP contribution is 2.39. The van der Waals surface area contributed by atoms with Crippen LogP contribution in [-0.4, -0.2) is 33.0 Å². The fourth-order valence-corrected chi connectivity index (χ4v) is 4.10. The summed E-state index contributed by atoms with van der Waals surface area (Å²) >= 11 is 0. The van der Waals surface area contributed by atoms with Crippen LogP contribution < -0.4 is 10.5 Å². The lowest BCUT2D eigenvalue weighted by atomic mass is 9.78. The molecule has 6 heteroatoms. The number of hydrogen-bond acceptors (Lipinski definition) is 6. The van der Waals surface area contributed by atoms with Crippen molar-refractivity contribution in [3.8, 4) is 5.88 Å². The van der Waals surface area contributed by atoms with Gasteiger partial charge >= 0.3 is 0 Å². The molecule has 2 aromatic rings. The van der Waals surface area contributed by atoms with Crippen LogP contribution in [0.25, 0.3) is 0 Å². The molecule has 0 bridgehead atoms. The van der Waals surface area contributed by atoms with Crippen LogP contribution in [0.4, 0.5) is 11.5 Å². The monoisotopic (exact) mass is 366 g/mol. The van der Waals surface area contributed by atoms with Gasteiger partial charge in [0.25, 0.3) is 0 Å². The van der Waals surface area contributed by atoms with E-state index in [1.165, 1.54) is 11.9 Å². The molecule has 4 rings (SSSR count). The van der Waals surface area contributed by atoms with Gasteiger partial charge in [-0.25, -0.2) is 9.98 Å². The van der Waals surface area contributed by atoms with E-state index in [-0.39, 0.29) is 0 Å². The second kappa shape index (κ2) is 6.93. The van der Waals surface area contributed by atoms with Crippen molar-refractivity contribution in [1.82, 2.24) is 9.97 Å². The van der Waals surface area contributed by atoms with Crippen molar-refractivity contribution in [2.24, 2.45) is 10.9 Å². The van der Waals surface area contributed by atoms with Gasteiger partial charge < -0.3 is 15.6 Å². The quantitative estimate of drug-likeness (QED) is 0.865. The highest BCUT2D eigenvalue weighted by Gasteiger charge is 2.35. The van der Waals surface area contributed by atoms with Crippen LogP contribution in [0.1, 0.15) is 56.6 Å². The van der Waals surface area contributed by atoms with Crippen LogP contribution in [0.5, 0.6) is 5.88 Å². The first kappa shape index (κ1) is 17.9. The second-order valence-corrected chi connectivity index (χ2v) is 8.01. The number of nitrogens with two attached hydrogens (primary N) is 1. The smallest absolute Gasteiger partial charge is 0.246 e. The van der Waals surface area contributed by atoms with E-state index in [9.17, 15) is 5.11 Å². The molecule has 27 heavy (non-hydrogen) atoms. The molecule has 1 fully saturated rings. The van der Waals surface area contributed by atoms with Crippen molar-refractivity contribution in [2.75, 3.05) is 12.3 Å². The first-order chi connectivity index (χ1) is 13.0. The maximum absolute atomic E-state index is 9.32. The number of fused-ring (bicyclic) bond motifs is 1. The van der Waals surface area contributed by atoms with Gasteiger partial charge in [0.2, 0.25) is 5.88 Å². The summed E-state index contributed by atoms with van der Waals surface area (Å²) in [4.78, 5) is 12.9. The molecule has 2 aliphatic rings. The Balaban J connectivity index is 1.61. The Labute approximate surface area is 159 Å². The normalized spacial score (nSPS) is 23.9. The summed E-state index contributed by atoms with van der Waals surface area (Å²) in [7, 11) is 0. The molecule has 0 atom stereocenters. The summed E-state index contributed by atoms with van der Waals surface area (Å²) in [6.45, 7) is 4.28. The van der Waals surface area contributed by atoms with E-state index in [4.69, 9.17) is 15.5 Å².